The van der Waals surface area contributed by atoms with Crippen molar-refractivity contribution < 1.29 is 0 Å². The molecule has 2 atom stereocenters. The Labute approximate surface area is 182 Å². The topological polar surface area (TPSA) is 46.0 Å². The number of aromatic nitrogens is 3. The minimum Gasteiger partial charge on any atom is -0.350 e. The molecular weight excluding hydrogens is 382 g/mol. The average Bonchev–Trinajstić information content (AvgIpc) is 3.26. The molecule has 1 N–H and O–H groups in total. The van der Waals surface area contributed by atoms with E-state index in [4.69, 9.17) is 0 Å². The molecule has 2 unspecified atom stereocenters. The highest BCUT2D eigenvalue weighted by Gasteiger charge is 2.39. The highest BCUT2D eigenvalue weighted by atomic mass is 15.2. The molecule has 2 aromatic carbocycles. The van der Waals surface area contributed by atoms with Gasteiger partial charge in [0.1, 0.15) is 0 Å². The van der Waals surface area contributed by atoms with E-state index in [0.717, 1.165) is 23.0 Å². The van der Waals surface area contributed by atoms with Gasteiger partial charge in [0.2, 0.25) is 5.95 Å². The molecule has 0 aliphatic carbocycles. The van der Waals surface area contributed by atoms with E-state index < -0.39 is 0 Å². The standard InChI is InChI=1S/C26H27N5/c1-18-25(19-9-12-30(18)13-10-19)29-26-27-16-22(17-28-26)20-7-8-24-21(15-20)11-14-31(24)23-5-3-2-4-6-23/h2-8,11,14-19,25H,9-10,12-13H2,1H3,(H,27,28,29). The minimum atomic E-state index is 0.447. The zero-order valence-electron chi connectivity index (χ0n) is 17.8. The minimum absolute atomic E-state index is 0.447. The van der Waals surface area contributed by atoms with Crippen molar-refractivity contribution in [3.63, 3.8) is 0 Å². The normalized spacial score (nSPS) is 25.1. The van der Waals surface area contributed by atoms with Gasteiger partial charge in [-0.3, -0.25) is 4.90 Å². The van der Waals surface area contributed by atoms with Gasteiger partial charge in [-0.25, -0.2) is 9.97 Å². The summed E-state index contributed by atoms with van der Waals surface area (Å²) in [6.07, 6.45) is 8.57. The second-order valence-electron chi connectivity index (χ2n) is 8.87. The number of anilines is 1. The first-order valence-corrected chi connectivity index (χ1v) is 11.3. The molecule has 0 amide bonds. The molecule has 3 aliphatic rings. The van der Waals surface area contributed by atoms with Gasteiger partial charge in [0, 0.05) is 47.3 Å². The molecule has 0 spiro atoms. The molecule has 2 bridgehead atoms. The monoisotopic (exact) mass is 409 g/mol. The zero-order chi connectivity index (χ0) is 20.8. The lowest BCUT2D eigenvalue weighted by atomic mass is 9.79. The summed E-state index contributed by atoms with van der Waals surface area (Å²) in [5.74, 6) is 1.48. The molecule has 0 radical (unpaired) electrons. The number of hydrogen-bond acceptors (Lipinski definition) is 4. The van der Waals surface area contributed by atoms with Crippen LogP contribution in [0.5, 0.6) is 0 Å². The van der Waals surface area contributed by atoms with Crippen molar-refractivity contribution in [2.45, 2.75) is 31.8 Å². The van der Waals surface area contributed by atoms with Crippen LogP contribution in [0.15, 0.2) is 73.2 Å². The predicted octanol–water partition coefficient (Wildman–Crippen LogP) is 4.98. The van der Waals surface area contributed by atoms with Crippen LogP contribution in [0.4, 0.5) is 5.95 Å². The van der Waals surface area contributed by atoms with Crippen LogP contribution in [0.1, 0.15) is 19.8 Å². The van der Waals surface area contributed by atoms with E-state index in [2.05, 4.69) is 86.4 Å². The number of para-hydroxylation sites is 1. The average molecular weight is 410 g/mol. The summed E-state index contributed by atoms with van der Waals surface area (Å²) >= 11 is 0. The van der Waals surface area contributed by atoms with E-state index >= 15 is 0 Å². The van der Waals surface area contributed by atoms with Crippen LogP contribution >= 0.6 is 0 Å². The number of benzene rings is 2. The first kappa shape index (κ1) is 18.6. The number of nitrogens with one attached hydrogen (secondary N) is 1. The summed E-state index contributed by atoms with van der Waals surface area (Å²) in [7, 11) is 0. The van der Waals surface area contributed by atoms with Crippen LogP contribution in [0, 0.1) is 5.92 Å². The Hall–Kier alpha value is -3.18. The zero-order valence-corrected chi connectivity index (χ0v) is 17.8. The number of hydrogen-bond donors (Lipinski definition) is 1. The number of fused-ring (bicyclic) bond motifs is 4. The Morgan fingerprint density at radius 3 is 2.42 bits per heavy atom. The molecule has 2 aromatic heterocycles. The molecule has 7 rings (SSSR count). The first-order valence-electron chi connectivity index (χ1n) is 11.3. The van der Waals surface area contributed by atoms with Crippen molar-refractivity contribution in [2.75, 3.05) is 18.4 Å². The van der Waals surface area contributed by atoms with E-state index in [9.17, 15) is 0 Å². The third-order valence-electron chi connectivity index (χ3n) is 7.18. The fourth-order valence-electron chi connectivity index (χ4n) is 5.38. The molecule has 5 heterocycles. The van der Waals surface area contributed by atoms with Gasteiger partial charge in [0.25, 0.3) is 0 Å². The van der Waals surface area contributed by atoms with Gasteiger partial charge in [0.05, 0.1) is 5.52 Å². The number of rotatable bonds is 4. The highest BCUT2D eigenvalue weighted by molar-refractivity contribution is 5.86. The van der Waals surface area contributed by atoms with Gasteiger partial charge >= 0.3 is 0 Å². The molecule has 31 heavy (non-hydrogen) atoms. The lowest BCUT2D eigenvalue weighted by Crippen LogP contribution is -2.59. The molecule has 3 fully saturated rings. The summed E-state index contributed by atoms with van der Waals surface area (Å²) in [5, 5.41) is 4.84. The van der Waals surface area contributed by atoms with Gasteiger partial charge in [0.15, 0.2) is 0 Å². The molecule has 4 aromatic rings. The number of piperidine rings is 3. The summed E-state index contributed by atoms with van der Waals surface area (Å²) in [6.45, 7) is 4.80. The predicted molar refractivity (Wildman–Crippen MR) is 125 cm³/mol. The summed E-state index contributed by atoms with van der Waals surface area (Å²) in [5.41, 5.74) is 4.56. The van der Waals surface area contributed by atoms with Crippen LogP contribution in [-0.2, 0) is 0 Å². The van der Waals surface area contributed by atoms with E-state index in [1.807, 2.05) is 18.5 Å². The summed E-state index contributed by atoms with van der Waals surface area (Å²) < 4.78 is 2.22. The largest absolute Gasteiger partial charge is 0.350 e. The third-order valence-corrected chi connectivity index (χ3v) is 7.18. The number of nitrogens with zero attached hydrogens (tertiary/aromatic N) is 4. The van der Waals surface area contributed by atoms with Crippen molar-refractivity contribution in [3.8, 4) is 16.8 Å². The maximum Gasteiger partial charge on any atom is 0.222 e. The van der Waals surface area contributed by atoms with Crippen molar-refractivity contribution >= 4 is 16.9 Å². The maximum atomic E-state index is 4.65. The Kier molecular flexibility index (Phi) is 4.50. The maximum absolute atomic E-state index is 4.65. The fourth-order valence-corrected chi connectivity index (χ4v) is 5.38. The van der Waals surface area contributed by atoms with E-state index in [1.54, 1.807) is 0 Å². The SMILES string of the molecule is CC1C(Nc2ncc(-c3ccc4c(ccn4-c4ccccc4)c3)cn2)C2CCN1CC2. The molecule has 5 heteroatoms. The quantitative estimate of drug-likeness (QED) is 0.516. The highest BCUT2D eigenvalue weighted by Crippen LogP contribution is 2.34. The molecule has 3 aliphatic heterocycles. The fraction of sp³-hybridized carbons (Fsp3) is 0.308. The Morgan fingerprint density at radius 2 is 1.68 bits per heavy atom. The second-order valence-corrected chi connectivity index (χ2v) is 8.87. The van der Waals surface area contributed by atoms with Gasteiger partial charge in [-0.2, -0.15) is 0 Å². The van der Waals surface area contributed by atoms with E-state index in [1.165, 1.54) is 42.5 Å². The Morgan fingerprint density at radius 1 is 0.903 bits per heavy atom. The van der Waals surface area contributed by atoms with Crippen molar-refractivity contribution in [1.29, 1.82) is 0 Å². The van der Waals surface area contributed by atoms with Crippen LogP contribution in [0.25, 0.3) is 27.7 Å². The van der Waals surface area contributed by atoms with Crippen molar-refractivity contribution in [2.24, 2.45) is 5.92 Å². The van der Waals surface area contributed by atoms with Gasteiger partial charge in [-0.1, -0.05) is 24.3 Å². The summed E-state index contributed by atoms with van der Waals surface area (Å²) in [6, 6.07) is 20.1. The van der Waals surface area contributed by atoms with Crippen LogP contribution in [-0.4, -0.2) is 44.6 Å². The van der Waals surface area contributed by atoms with E-state index in [0.29, 0.717) is 12.1 Å². The van der Waals surface area contributed by atoms with E-state index in [-0.39, 0.29) is 0 Å². The van der Waals surface area contributed by atoms with Crippen molar-refractivity contribution in [1.82, 2.24) is 19.4 Å². The van der Waals surface area contributed by atoms with Gasteiger partial charge in [-0.15, -0.1) is 0 Å². The molecule has 3 saturated heterocycles. The molecule has 156 valence electrons. The Balaban J connectivity index is 1.23. The lowest BCUT2D eigenvalue weighted by Gasteiger charge is -2.49. The second kappa shape index (κ2) is 7.50. The molecular formula is C26H27N5. The van der Waals surface area contributed by atoms with Gasteiger partial charge in [-0.05, 0) is 74.7 Å². The summed E-state index contributed by atoms with van der Waals surface area (Å²) in [4.78, 5) is 11.9. The van der Waals surface area contributed by atoms with Crippen LogP contribution < -0.4 is 5.32 Å². The van der Waals surface area contributed by atoms with Gasteiger partial charge < -0.3 is 9.88 Å². The first-order chi connectivity index (χ1) is 15.3. The smallest absolute Gasteiger partial charge is 0.222 e. The van der Waals surface area contributed by atoms with Crippen molar-refractivity contribution in [3.05, 3.63) is 73.2 Å². The lowest BCUT2D eigenvalue weighted by molar-refractivity contribution is 0.0455. The third kappa shape index (κ3) is 3.29. The molecule has 5 nitrogen and oxygen atoms in total. The van der Waals surface area contributed by atoms with Crippen LogP contribution in [0.3, 0.4) is 0 Å². The van der Waals surface area contributed by atoms with Crippen LogP contribution in [0.2, 0.25) is 0 Å². The Bertz CT molecular complexity index is 1190. The molecule has 0 saturated carbocycles.